The van der Waals surface area contributed by atoms with Gasteiger partial charge in [0.15, 0.2) is 0 Å². The number of hydrogen-bond donors (Lipinski definition) is 1. The Morgan fingerprint density at radius 2 is 1.82 bits per heavy atom. The van der Waals surface area contributed by atoms with E-state index < -0.39 is 0 Å². The quantitative estimate of drug-likeness (QED) is 0.758. The lowest BCUT2D eigenvalue weighted by Gasteiger charge is -2.10. The molecule has 0 fully saturated rings. The Kier molecular flexibility index (Phi) is 8.92. The Balaban J connectivity index is 0.00000256. The van der Waals surface area contributed by atoms with Crippen LogP contribution in [0.4, 0.5) is 0 Å². The number of hydrogen-bond acceptors (Lipinski definition) is 2. The summed E-state index contributed by atoms with van der Waals surface area (Å²) in [6, 6.07) is 8.56. The number of unbranched alkanes of at least 4 members (excludes halogenated alkanes) is 1. The van der Waals surface area contributed by atoms with Crippen LogP contribution in [0.1, 0.15) is 38.7 Å². The van der Waals surface area contributed by atoms with Crippen LogP contribution >= 0.6 is 12.4 Å². The minimum Gasteiger partial charge on any atom is -0.494 e. The monoisotopic (exact) mass is 257 g/mol. The van der Waals surface area contributed by atoms with Gasteiger partial charge in [0.25, 0.3) is 0 Å². The maximum absolute atomic E-state index is 5.91. The van der Waals surface area contributed by atoms with Crippen molar-refractivity contribution in [2.45, 2.75) is 45.6 Å². The van der Waals surface area contributed by atoms with Crippen LogP contribution in [0.15, 0.2) is 24.3 Å². The highest BCUT2D eigenvalue weighted by Crippen LogP contribution is 2.14. The van der Waals surface area contributed by atoms with E-state index in [0.29, 0.717) is 0 Å². The smallest absolute Gasteiger partial charge is 0.119 e. The Morgan fingerprint density at radius 3 is 2.35 bits per heavy atom. The number of rotatable bonds is 7. The molecule has 0 heterocycles. The topological polar surface area (TPSA) is 35.2 Å². The van der Waals surface area contributed by atoms with Crippen molar-refractivity contribution < 1.29 is 4.74 Å². The summed E-state index contributed by atoms with van der Waals surface area (Å²) in [6.45, 7) is 5.09. The Morgan fingerprint density at radius 1 is 1.18 bits per heavy atom. The van der Waals surface area contributed by atoms with Gasteiger partial charge in [0.05, 0.1) is 6.61 Å². The zero-order chi connectivity index (χ0) is 11.8. The molecular formula is C14H24ClNO. The lowest BCUT2D eigenvalue weighted by atomic mass is 10.0. The first kappa shape index (κ1) is 16.3. The molecule has 1 unspecified atom stereocenters. The van der Waals surface area contributed by atoms with Crippen LogP contribution in [0.5, 0.6) is 5.75 Å². The van der Waals surface area contributed by atoms with Gasteiger partial charge in [-0.05, 0) is 37.0 Å². The fraction of sp³-hybridized carbons (Fsp3) is 0.571. The molecule has 0 aromatic heterocycles. The van der Waals surface area contributed by atoms with E-state index in [2.05, 4.69) is 26.0 Å². The lowest BCUT2D eigenvalue weighted by Crippen LogP contribution is -2.21. The molecular weight excluding hydrogens is 234 g/mol. The number of halogens is 1. The van der Waals surface area contributed by atoms with Crippen molar-refractivity contribution in [3.8, 4) is 5.75 Å². The predicted octanol–water partition coefficient (Wildman–Crippen LogP) is 3.57. The van der Waals surface area contributed by atoms with E-state index in [9.17, 15) is 0 Å². The summed E-state index contributed by atoms with van der Waals surface area (Å²) in [7, 11) is 0. The Hall–Kier alpha value is -0.730. The fourth-order valence-electron chi connectivity index (χ4n) is 1.50. The summed E-state index contributed by atoms with van der Waals surface area (Å²) in [5, 5.41) is 0. The number of benzene rings is 1. The van der Waals surface area contributed by atoms with Crippen LogP contribution in [0.2, 0.25) is 0 Å². The molecule has 1 aromatic rings. The highest BCUT2D eigenvalue weighted by atomic mass is 35.5. The molecule has 2 nitrogen and oxygen atoms in total. The second-order valence-corrected chi connectivity index (χ2v) is 4.22. The van der Waals surface area contributed by atoms with E-state index in [1.165, 1.54) is 12.0 Å². The Labute approximate surface area is 111 Å². The van der Waals surface area contributed by atoms with Gasteiger partial charge in [-0.3, -0.25) is 0 Å². The van der Waals surface area contributed by atoms with E-state index in [4.69, 9.17) is 10.5 Å². The van der Waals surface area contributed by atoms with Crippen molar-refractivity contribution >= 4 is 12.4 Å². The first-order valence-electron chi connectivity index (χ1n) is 6.23. The first-order chi connectivity index (χ1) is 7.76. The van der Waals surface area contributed by atoms with Gasteiger partial charge in [-0.1, -0.05) is 32.4 Å². The summed E-state index contributed by atoms with van der Waals surface area (Å²) in [4.78, 5) is 0. The molecule has 2 N–H and O–H groups in total. The second-order valence-electron chi connectivity index (χ2n) is 4.22. The van der Waals surface area contributed by atoms with Gasteiger partial charge >= 0.3 is 0 Å². The molecule has 0 bridgehead atoms. The van der Waals surface area contributed by atoms with Crippen LogP contribution < -0.4 is 10.5 Å². The van der Waals surface area contributed by atoms with Gasteiger partial charge in [0.1, 0.15) is 5.75 Å². The van der Waals surface area contributed by atoms with Crippen molar-refractivity contribution in [1.29, 1.82) is 0 Å². The van der Waals surface area contributed by atoms with Crippen molar-refractivity contribution in [2.24, 2.45) is 5.73 Å². The summed E-state index contributed by atoms with van der Waals surface area (Å²) < 4.78 is 5.60. The SMILES string of the molecule is CCCCOc1ccc(CC(N)CC)cc1.Cl. The number of nitrogens with two attached hydrogens (primary N) is 1. The standard InChI is InChI=1S/C14H23NO.ClH/c1-3-5-10-16-14-8-6-12(7-9-14)11-13(15)4-2;/h6-9,13H,3-5,10-11,15H2,1-2H3;1H. The second kappa shape index (κ2) is 9.32. The summed E-state index contributed by atoms with van der Waals surface area (Å²) >= 11 is 0. The van der Waals surface area contributed by atoms with E-state index >= 15 is 0 Å². The van der Waals surface area contributed by atoms with Crippen molar-refractivity contribution in [3.05, 3.63) is 29.8 Å². The molecule has 0 saturated heterocycles. The lowest BCUT2D eigenvalue weighted by molar-refractivity contribution is 0.309. The highest BCUT2D eigenvalue weighted by Gasteiger charge is 2.01. The molecule has 0 aliphatic carbocycles. The summed E-state index contributed by atoms with van der Waals surface area (Å²) in [5.41, 5.74) is 7.20. The molecule has 98 valence electrons. The van der Waals surface area contributed by atoms with Crippen LogP contribution in [0.3, 0.4) is 0 Å². The fourth-order valence-corrected chi connectivity index (χ4v) is 1.50. The summed E-state index contributed by atoms with van der Waals surface area (Å²) in [5.74, 6) is 0.960. The molecule has 0 saturated carbocycles. The van der Waals surface area contributed by atoms with Gasteiger partial charge in [0.2, 0.25) is 0 Å². The maximum Gasteiger partial charge on any atom is 0.119 e. The van der Waals surface area contributed by atoms with Gasteiger partial charge in [-0.25, -0.2) is 0 Å². The normalized spacial score (nSPS) is 11.7. The van der Waals surface area contributed by atoms with Gasteiger partial charge in [-0.15, -0.1) is 12.4 Å². The minimum absolute atomic E-state index is 0. The highest BCUT2D eigenvalue weighted by molar-refractivity contribution is 5.85. The third kappa shape index (κ3) is 6.54. The largest absolute Gasteiger partial charge is 0.494 e. The van der Waals surface area contributed by atoms with Gasteiger partial charge in [0, 0.05) is 6.04 Å². The molecule has 1 aromatic carbocycles. The molecule has 3 heteroatoms. The van der Waals surface area contributed by atoms with Gasteiger partial charge in [-0.2, -0.15) is 0 Å². The minimum atomic E-state index is 0. The molecule has 0 spiro atoms. The number of ether oxygens (including phenoxy) is 1. The molecule has 0 aliphatic heterocycles. The van der Waals surface area contributed by atoms with Crippen molar-refractivity contribution in [2.75, 3.05) is 6.61 Å². The molecule has 0 radical (unpaired) electrons. The third-order valence-electron chi connectivity index (χ3n) is 2.71. The molecule has 1 atom stereocenters. The Bertz CT molecular complexity index is 287. The van der Waals surface area contributed by atoms with Crippen LogP contribution in [-0.2, 0) is 6.42 Å². The maximum atomic E-state index is 5.91. The third-order valence-corrected chi connectivity index (χ3v) is 2.71. The van der Waals surface area contributed by atoms with Crippen molar-refractivity contribution in [1.82, 2.24) is 0 Å². The van der Waals surface area contributed by atoms with E-state index in [1.807, 2.05) is 12.1 Å². The van der Waals surface area contributed by atoms with Crippen molar-refractivity contribution in [3.63, 3.8) is 0 Å². The van der Waals surface area contributed by atoms with Gasteiger partial charge < -0.3 is 10.5 Å². The van der Waals surface area contributed by atoms with Crippen LogP contribution in [0.25, 0.3) is 0 Å². The molecule has 0 aliphatic rings. The van der Waals surface area contributed by atoms with Crippen LogP contribution in [-0.4, -0.2) is 12.6 Å². The van der Waals surface area contributed by atoms with E-state index in [1.54, 1.807) is 0 Å². The molecule has 17 heavy (non-hydrogen) atoms. The predicted molar refractivity (Wildman–Crippen MR) is 76.1 cm³/mol. The zero-order valence-corrected chi connectivity index (χ0v) is 11.6. The average Bonchev–Trinajstić information content (AvgIpc) is 2.31. The summed E-state index contributed by atoms with van der Waals surface area (Å²) in [6.07, 6.45) is 4.26. The molecule has 0 amide bonds. The zero-order valence-electron chi connectivity index (χ0n) is 10.8. The average molecular weight is 258 g/mol. The van der Waals surface area contributed by atoms with Crippen LogP contribution in [0, 0.1) is 0 Å². The first-order valence-corrected chi connectivity index (χ1v) is 6.23. The molecule has 1 rings (SSSR count). The van der Waals surface area contributed by atoms with E-state index in [0.717, 1.165) is 31.6 Å². The van der Waals surface area contributed by atoms with E-state index in [-0.39, 0.29) is 18.4 Å².